The monoisotopic (exact) mass is 301 g/mol. The molecule has 0 spiro atoms. The van der Waals surface area contributed by atoms with Gasteiger partial charge in [0.25, 0.3) is 0 Å². The van der Waals surface area contributed by atoms with Crippen LogP contribution in [0.3, 0.4) is 0 Å². The first kappa shape index (κ1) is 13.7. The minimum absolute atomic E-state index is 0.226. The zero-order valence-corrected chi connectivity index (χ0v) is 10.9. The lowest BCUT2D eigenvalue weighted by atomic mass is 10.0. The Balaban J connectivity index is 3.18. The van der Waals surface area contributed by atoms with Crippen molar-refractivity contribution in [3.8, 4) is 5.75 Å². The number of methoxy groups -OCH3 is 1. The highest BCUT2D eigenvalue weighted by molar-refractivity contribution is 9.10. The maximum atomic E-state index is 12.0. The summed E-state index contributed by atoms with van der Waals surface area (Å²) in [5, 5.41) is 11.4. The Morgan fingerprint density at radius 3 is 2.59 bits per heavy atom. The molecule has 5 nitrogen and oxygen atoms in total. The van der Waals surface area contributed by atoms with Gasteiger partial charge in [0.05, 0.1) is 12.7 Å². The number of carboxylic acid groups (broad SMARTS) is 1. The van der Waals surface area contributed by atoms with E-state index >= 15 is 0 Å². The zero-order valence-electron chi connectivity index (χ0n) is 9.36. The Hall–Kier alpha value is -1.40. The van der Waals surface area contributed by atoms with E-state index in [0.29, 0.717) is 10.2 Å². The van der Waals surface area contributed by atoms with Crippen LogP contribution in [0.25, 0.3) is 0 Å². The average Bonchev–Trinajstić information content (AvgIpc) is 2.29. The minimum atomic E-state index is -1.28. The highest BCUT2D eigenvalue weighted by Gasteiger charge is 2.27. The molecule has 1 atom stereocenters. The normalized spacial score (nSPS) is 11.9. The third kappa shape index (κ3) is 3.04. The molecule has 0 amide bonds. The van der Waals surface area contributed by atoms with Crippen LogP contribution in [-0.4, -0.2) is 37.1 Å². The van der Waals surface area contributed by atoms with Gasteiger partial charge in [-0.3, -0.25) is 9.59 Å². The number of nitrogens with one attached hydrogen (secondary N) is 1. The van der Waals surface area contributed by atoms with E-state index in [1.807, 2.05) is 0 Å². The van der Waals surface area contributed by atoms with Crippen molar-refractivity contribution in [2.75, 3.05) is 14.2 Å². The molecule has 17 heavy (non-hydrogen) atoms. The number of ether oxygens (including phenoxy) is 1. The summed E-state index contributed by atoms with van der Waals surface area (Å²) < 4.78 is 5.72. The first-order valence-corrected chi connectivity index (χ1v) is 5.58. The van der Waals surface area contributed by atoms with Crippen molar-refractivity contribution < 1.29 is 19.4 Å². The molecule has 2 N–H and O–H groups in total. The Bertz CT molecular complexity index is 447. The van der Waals surface area contributed by atoms with Gasteiger partial charge < -0.3 is 15.2 Å². The summed E-state index contributed by atoms with van der Waals surface area (Å²) in [5.41, 5.74) is 0.226. The van der Waals surface area contributed by atoms with Gasteiger partial charge in [-0.05, 0) is 25.2 Å². The van der Waals surface area contributed by atoms with Crippen LogP contribution < -0.4 is 10.1 Å². The van der Waals surface area contributed by atoms with Crippen LogP contribution in [0.15, 0.2) is 22.7 Å². The first-order chi connectivity index (χ1) is 8.01. The summed E-state index contributed by atoms with van der Waals surface area (Å²) in [6.07, 6.45) is 0. The summed E-state index contributed by atoms with van der Waals surface area (Å²) in [5.74, 6) is -1.42. The largest absolute Gasteiger partial charge is 0.496 e. The van der Waals surface area contributed by atoms with Gasteiger partial charge in [-0.15, -0.1) is 0 Å². The summed E-state index contributed by atoms with van der Waals surface area (Å²) >= 11 is 3.23. The van der Waals surface area contributed by atoms with Gasteiger partial charge in [-0.25, -0.2) is 0 Å². The molecule has 0 radical (unpaired) electrons. The fraction of sp³-hybridized carbons (Fsp3) is 0.273. The second kappa shape index (κ2) is 5.79. The standard InChI is InChI=1S/C11H12BrNO4/c1-13-9(11(15)16)10(14)7-5-6(12)3-4-8(7)17-2/h3-5,9,13H,1-2H3,(H,15,16). The number of Topliss-reactive ketones (excluding diaryl/α,β-unsaturated/α-hetero) is 1. The van der Waals surface area contributed by atoms with Crippen molar-refractivity contribution in [1.29, 1.82) is 0 Å². The van der Waals surface area contributed by atoms with Crippen LogP contribution in [0.1, 0.15) is 10.4 Å². The van der Waals surface area contributed by atoms with E-state index in [-0.39, 0.29) is 5.56 Å². The zero-order chi connectivity index (χ0) is 13.0. The highest BCUT2D eigenvalue weighted by Crippen LogP contribution is 2.24. The third-order valence-corrected chi connectivity index (χ3v) is 2.72. The SMILES string of the molecule is CNC(C(=O)O)C(=O)c1cc(Br)ccc1OC. The fourth-order valence-electron chi connectivity index (χ4n) is 1.39. The lowest BCUT2D eigenvalue weighted by Crippen LogP contribution is -2.41. The molecule has 0 aromatic heterocycles. The Kier molecular flexibility index (Phi) is 4.65. The van der Waals surface area contributed by atoms with Crippen LogP contribution in [-0.2, 0) is 4.79 Å². The molecule has 0 bridgehead atoms. The lowest BCUT2D eigenvalue weighted by Gasteiger charge is -2.13. The molecule has 0 saturated carbocycles. The number of halogens is 1. The van der Waals surface area contributed by atoms with E-state index in [9.17, 15) is 9.59 Å². The molecule has 0 aliphatic heterocycles. The predicted molar refractivity (Wildman–Crippen MR) is 65.5 cm³/mol. The van der Waals surface area contributed by atoms with Crippen LogP contribution in [0.4, 0.5) is 0 Å². The van der Waals surface area contributed by atoms with E-state index in [1.165, 1.54) is 20.2 Å². The molecule has 1 unspecified atom stereocenters. The number of rotatable bonds is 5. The average molecular weight is 302 g/mol. The smallest absolute Gasteiger partial charge is 0.328 e. The molecule has 0 aliphatic carbocycles. The van der Waals surface area contributed by atoms with Crippen molar-refractivity contribution >= 4 is 27.7 Å². The van der Waals surface area contributed by atoms with E-state index in [1.54, 1.807) is 12.1 Å². The molecular weight excluding hydrogens is 290 g/mol. The second-order valence-electron chi connectivity index (χ2n) is 3.27. The number of carbonyl (C=O) groups is 2. The molecular formula is C11H12BrNO4. The van der Waals surface area contributed by atoms with Gasteiger partial charge in [0.15, 0.2) is 11.8 Å². The summed E-state index contributed by atoms with van der Waals surface area (Å²) in [7, 11) is 2.84. The van der Waals surface area contributed by atoms with Crippen molar-refractivity contribution in [2.24, 2.45) is 0 Å². The molecule has 92 valence electrons. The van der Waals surface area contributed by atoms with E-state index in [2.05, 4.69) is 21.2 Å². The number of hydrogen-bond donors (Lipinski definition) is 2. The van der Waals surface area contributed by atoms with Gasteiger partial charge in [-0.1, -0.05) is 15.9 Å². The third-order valence-electron chi connectivity index (χ3n) is 2.22. The maximum Gasteiger partial charge on any atom is 0.328 e. The van der Waals surface area contributed by atoms with E-state index in [4.69, 9.17) is 9.84 Å². The molecule has 0 aliphatic rings. The molecule has 6 heteroatoms. The number of aliphatic carboxylic acids is 1. The molecule has 1 rings (SSSR count). The Morgan fingerprint density at radius 1 is 1.47 bits per heavy atom. The molecule has 0 heterocycles. The maximum absolute atomic E-state index is 12.0. The van der Waals surface area contributed by atoms with Gasteiger partial charge >= 0.3 is 5.97 Å². The van der Waals surface area contributed by atoms with E-state index < -0.39 is 17.8 Å². The summed E-state index contributed by atoms with van der Waals surface area (Å²) in [6, 6.07) is 3.57. The van der Waals surface area contributed by atoms with Crippen molar-refractivity contribution in [3.05, 3.63) is 28.2 Å². The number of hydrogen-bond acceptors (Lipinski definition) is 4. The van der Waals surface area contributed by atoms with E-state index in [0.717, 1.165) is 0 Å². The van der Waals surface area contributed by atoms with Gasteiger partial charge in [-0.2, -0.15) is 0 Å². The van der Waals surface area contributed by atoms with Gasteiger partial charge in [0.1, 0.15) is 5.75 Å². The number of likely N-dealkylation sites (N-methyl/N-ethyl adjacent to an activating group) is 1. The number of carboxylic acids is 1. The lowest BCUT2D eigenvalue weighted by molar-refractivity contribution is -0.137. The Labute approximate surface area is 107 Å². The molecule has 1 aromatic carbocycles. The predicted octanol–water partition coefficient (Wildman–Crippen LogP) is 1.31. The minimum Gasteiger partial charge on any atom is -0.496 e. The van der Waals surface area contributed by atoms with Crippen LogP contribution in [0.2, 0.25) is 0 Å². The number of ketones is 1. The fourth-order valence-corrected chi connectivity index (χ4v) is 1.76. The first-order valence-electron chi connectivity index (χ1n) is 4.79. The van der Waals surface area contributed by atoms with Crippen LogP contribution in [0, 0.1) is 0 Å². The molecule has 0 saturated heterocycles. The quantitative estimate of drug-likeness (QED) is 0.633. The second-order valence-corrected chi connectivity index (χ2v) is 4.18. The molecule has 1 aromatic rings. The molecule has 0 fully saturated rings. The van der Waals surface area contributed by atoms with Crippen LogP contribution in [0.5, 0.6) is 5.75 Å². The van der Waals surface area contributed by atoms with Crippen molar-refractivity contribution in [1.82, 2.24) is 5.32 Å². The Morgan fingerprint density at radius 2 is 2.12 bits per heavy atom. The van der Waals surface area contributed by atoms with Crippen molar-refractivity contribution in [2.45, 2.75) is 6.04 Å². The topological polar surface area (TPSA) is 75.6 Å². The number of benzene rings is 1. The summed E-state index contributed by atoms with van der Waals surface area (Å²) in [6.45, 7) is 0. The summed E-state index contributed by atoms with van der Waals surface area (Å²) in [4.78, 5) is 22.9. The number of carbonyl (C=O) groups excluding carboxylic acids is 1. The van der Waals surface area contributed by atoms with Crippen molar-refractivity contribution in [3.63, 3.8) is 0 Å². The van der Waals surface area contributed by atoms with Crippen LogP contribution >= 0.6 is 15.9 Å². The van der Waals surface area contributed by atoms with Gasteiger partial charge in [0, 0.05) is 4.47 Å². The van der Waals surface area contributed by atoms with Gasteiger partial charge in [0.2, 0.25) is 0 Å². The highest BCUT2D eigenvalue weighted by atomic mass is 79.9.